The number of rotatable bonds is 8. The molecule has 0 radical (unpaired) electrons. The Morgan fingerprint density at radius 2 is 2.03 bits per heavy atom. The average molecular weight is 484 g/mol. The van der Waals surface area contributed by atoms with E-state index in [4.69, 9.17) is 44.9 Å². The van der Waals surface area contributed by atoms with Gasteiger partial charge in [-0.2, -0.15) is 0 Å². The maximum Gasteiger partial charge on any atom is 0.306 e. The van der Waals surface area contributed by atoms with Crippen molar-refractivity contribution in [2.24, 2.45) is 5.92 Å². The third kappa shape index (κ3) is 5.46. The van der Waals surface area contributed by atoms with Crippen molar-refractivity contribution in [1.82, 2.24) is 4.90 Å². The summed E-state index contributed by atoms with van der Waals surface area (Å²) in [6, 6.07) is 8.80. The largest absolute Gasteiger partial charge is 0.481 e. The topological polar surface area (TPSA) is 70.8 Å². The van der Waals surface area contributed by atoms with Crippen LogP contribution in [0.5, 0.6) is 0 Å². The molecular weight excluding hydrogens is 465 g/mol. The number of thioether (sulfide) groups is 1. The molecule has 1 atom stereocenters. The van der Waals surface area contributed by atoms with Gasteiger partial charge in [-0.3, -0.25) is 14.5 Å². The summed E-state index contributed by atoms with van der Waals surface area (Å²) in [6.07, 6.45) is 3.66. The van der Waals surface area contributed by atoms with Crippen LogP contribution in [0.4, 0.5) is 0 Å². The number of nitrogens with zero attached hydrogens (tertiary/aromatic N) is 1. The number of halogens is 2. The number of furan rings is 1. The summed E-state index contributed by atoms with van der Waals surface area (Å²) < 4.78 is 6.33. The highest BCUT2D eigenvalue weighted by atomic mass is 35.5. The molecule has 0 bridgehead atoms. The second-order valence-corrected chi connectivity index (χ2v) is 9.39. The van der Waals surface area contributed by atoms with Crippen LogP contribution in [0.2, 0.25) is 10.0 Å². The fourth-order valence-electron chi connectivity index (χ4n) is 2.90. The lowest BCUT2D eigenvalue weighted by Crippen LogP contribution is -2.29. The highest BCUT2D eigenvalue weighted by Crippen LogP contribution is 2.34. The van der Waals surface area contributed by atoms with Crippen LogP contribution < -0.4 is 0 Å². The number of carboxylic acid groups (broad SMARTS) is 1. The van der Waals surface area contributed by atoms with Crippen molar-refractivity contribution in [1.29, 1.82) is 0 Å². The second-order valence-electron chi connectivity index (χ2n) is 6.90. The highest BCUT2D eigenvalue weighted by molar-refractivity contribution is 8.26. The Morgan fingerprint density at radius 3 is 2.73 bits per heavy atom. The standard InChI is InChI=1S/C21H19Cl2NO4S2/c1-12(20(26)27)4-2-3-9-24-19(25)18(30-21(24)29)11-14-6-8-17(28-14)13-5-7-15(22)16(23)10-13/h5-8,10-12H,2-4,9H2,1H3,(H,26,27)/b18-11-. The molecule has 1 fully saturated rings. The lowest BCUT2D eigenvalue weighted by Gasteiger charge is -2.14. The Bertz CT molecular complexity index is 1020. The second kappa shape index (κ2) is 10.0. The molecule has 1 aliphatic rings. The first kappa shape index (κ1) is 22.9. The molecule has 2 aromatic rings. The van der Waals surface area contributed by atoms with Gasteiger partial charge in [-0.1, -0.05) is 60.5 Å². The first-order chi connectivity index (χ1) is 14.3. The highest BCUT2D eigenvalue weighted by Gasteiger charge is 2.31. The van der Waals surface area contributed by atoms with Gasteiger partial charge in [-0.25, -0.2) is 0 Å². The Morgan fingerprint density at radius 1 is 1.27 bits per heavy atom. The molecule has 2 heterocycles. The number of amides is 1. The maximum atomic E-state index is 12.7. The number of thiocarbonyl (C=S) groups is 1. The molecule has 1 aromatic carbocycles. The van der Waals surface area contributed by atoms with Gasteiger partial charge in [-0.15, -0.1) is 0 Å². The van der Waals surface area contributed by atoms with Crippen molar-refractivity contribution in [3.63, 3.8) is 0 Å². The van der Waals surface area contributed by atoms with E-state index in [2.05, 4.69) is 0 Å². The van der Waals surface area contributed by atoms with Crippen LogP contribution in [-0.2, 0) is 9.59 Å². The summed E-state index contributed by atoms with van der Waals surface area (Å²) in [4.78, 5) is 25.6. The van der Waals surface area contributed by atoms with Crippen molar-refractivity contribution in [3.8, 4) is 11.3 Å². The van der Waals surface area contributed by atoms with Crippen LogP contribution in [-0.4, -0.2) is 32.7 Å². The van der Waals surface area contributed by atoms with Crippen LogP contribution in [0.15, 0.2) is 39.7 Å². The summed E-state index contributed by atoms with van der Waals surface area (Å²) in [7, 11) is 0. The lowest BCUT2D eigenvalue weighted by atomic mass is 10.0. The minimum absolute atomic E-state index is 0.163. The third-order valence-corrected chi connectivity index (χ3v) is 6.79. The molecule has 0 spiro atoms. The Hall–Kier alpha value is -1.80. The van der Waals surface area contributed by atoms with Crippen LogP contribution in [0, 0.1) is 5.92 Å². The maximum absolute atomic E-state index is 12.7. The molecule has 5 nitrogen and oxygen atoms in total. The van der Waals surface area contributed by atoms with E-state index in [-0.39, 0.29) is 11.8 Å². The van der Waals surface area contributed by atoms with Crippen LogP contribution in [0.25, 0.3) is 17.4 Å². The Kier molecular flexibility index (Phi) is 7.63. The van der Waals surface area contributed by atoms with Gasteiger partial charge in [0, 0.05) is 18.2 Å². The third-order valence-electron chi connectivity index (χ3n) is 4.67. The van der Waals surface area contributed by atoms with Crippen molar-refractivity contribution in [2.75, 3.05) is 6.54 Å². The first-order valence-electron chi connectivity index (χ1n) is 9.29. The molecule has 1 unspecified atom stereocenters. The monoisotopic (exact) mass is 483 g/mol. The number of unbranched alkanes of at least 4 members (excludes halogenated alkanes) is 1. The van der Waals surface area contributed by atoms with Gasteiger partial charge in [0.2, 0.25) is 0 Å². The molecule has 9 heteroatoms. The zero-order valence-electron chi connectivity index (χ0n) is 16.1. The minimum Gasteiger partial charge on any atom is -0.481 e. The first-order valence-corrected chi connectivity index (χ1v) is 11.3. The van der Waals surface area contributed by atoms with E-state index in [0.29, 0.717) is 50.2 Å². The number of aliphatic carboxylic acids is 1. The summed E-state index contributed by atoms with van der Waals surface area (Å²) >= 11 is 18.6. The van der Waals surface area contributed by atoms with E-state index < -0.39 is 5.97 Å². The number of carbonyl (C=O) groups is 2. The molecule has 1 saturated heterocycles. The van der Waals surface area contributed by atoms with E-state index in [1.807, 2.05) is 6.07 Å². The van der Waals surface area contributed by atoms with Gasteiger partial charge >= 0.3 is 5.97 Å². The number of hydrogen-bond donors (Lipinski definition) is 1. The number of hydrogen-bond acceptors (Lipinski definition) is 5. The molecule has 30 heavy (non-hydrogen) atoms. The fourth-order valence-corrected chi connectivity index (χ4v) is 4.49. The zero-order valence-corrected chi connectivity index (χ0v) is 19.2. The van der Waals surface area contributed by atoms with Gasteiger partial charge in [-0.05, 0) is 43.2 Å². The van der Waals surface area contributed by atoms with Crippen LogP contribution >= 0.6 is 47.2 Å². The molecule has 1 aromatic heterocycles. The average Bonchev–Trinajstić information content (AvgIpc) is 3.26. The van der Waals surface area contributed by atoms with E-state index in [0.717, 1.165) is 12.0 Å². The summed E-state index contributed by atoms with van der Waals surface area (Å²) in [6.45, 7) is 2.15. The van der Waals surface area contributed by atoms with Gasteiger partial charge in [0.05, 0.1) is 20.9 Å². The summed E-state index contributed by atoms with van der Waals surface area (Å²) in [5.74, 6) is -0.208. The number of carboxylic acids is 1. The molecule has 3 rings (SSSR count). The molecule has 1 N–H and O–H groups in total. The predicted octanol–water partition coefficient (Wildman–Crippen LogP) is 6.35. The lowest BCUT2D eigenvalue weighted by molar-refractivity contribution is -0.141. The smallest absolute Gasteiger partial charge is 0.306 e. The van der Waals surface area contributed by atoms with Gasteiger partial charge in [0.1, 0.15) is 15.8 Å². The summed E-state index contributed by atoms with van der Waals surface area (Å²) in [5, 5.41) is 9.84. The Balaban J connectivity index is 1.63. The van der Waals surface area contributed by atoms with Crippen molar-refractivity contribution < 1.29 is 19.1 Å². The molecule has 0 saturated carbocycles. The van der Waals surface area contributed by atoms with Crippen LogP contribution in [0.1, 0.15) is 31.9 Å². The van der Waals surface area contributed by atoms with Gasteiger partial charge in [0.15, 0.2) is 0 Å². The quantitative estimate of drug-likeness (QED) is 0.268. The molecule has 1 amide bonds. The summed E-state index contributed by atoms with van der Waals surface area (Å²) in [5.41, 5.74) is 0.784. The van der Waals surface area contributed by atoms with Gasteiger partial charge in [0.25, 0.3) is 5.91 Å². The zero-order chi connectivity index (χ0) is 21.8. The molecule has 1 aliphatic heterocycles. The van der Waals surface area contributed by atoms with Crippen molar-refractivity contribution >= 4 is 69.5 Å². The SMILES string of the molecule is CC(CCCCN1C(=O)/C(=C/c2ccc(-c3ccc(Cl)c(Cl)c3)o2)SC1=S)C(=O)O. The van der Waals surface area contributed by atoms with E-state index >= 15 is 0 Å². The Labute approximate surface area is 194 Å². The normalized spacial score (nSPS) is 16.5. The molecular formula is C21H19Cl2NO4S2. The van der Waals surface area contributed by atoms with E-state index in [1.54, 1.807) is 42.2 Å². The van der Waals surface area contributed by atoms with Gasteiger partial charge < -0.3 is 9.52 Å². The minimum atomic E-state index is -0.803. The number of benzene rings is 1. The number of carbonyl (C=O) groups excluding carboxylic acids is 1. The fraction of sp³-hybridized carbons (Fsp3) is 0.286. The van der Waals surface area contributed by atoms with Crippen molar-refractivity contribution in [2.45, 2.75) is 26.2 Å². The van der Waals surface area contributed by atoms with E-state index in [1.165, 1.54) is 11.8 Å². The predicted molar refractivity (Wildman–Crippen MR) is 125 cm³/mol. The van der Waals surface area contributed by atoms with E-state index in [9.17, 15) is 9.59 Å². The van der Waals surface area contributed by atoms with Crippen molar-refractivity contribution in [3.05, 3.63) is 51.0 Å². The molecule has 158 valence electrons. The molecule has 0 aliphatic carbocycles. The van der Waals surface area contributed by atoms with Crippen LogP contribution in [0.3, 0.4) is 0 Å².